The molecule has 2 aromatic carbocycles. The average Bonchev–Trinajstić information content (AvgIpc) is 2.82. The Bertz CT molecular complexity index is 726. The first kappa shape index (κ1) is 14.6. The molecule has 0 saturated heterocycles. The fourth-order valence-electron chi connectivity index (χ4n) is 2.54. The van der Waals surface area contributed by atoms with Crippen LogP contribution < -0.4 is 0 Å². The van der Waals surface area contributed by atoms with Crippen LogP contribution in [0.2, 0.25) is 0 Å². The van der Waals surface area contributed by atoms with Gasteiger partial charge in [0, 0.05) is 0 Å². The van der Waals surface area contributed by atoms with Gasteiger partial charge in [-0.2, -0.15) is 0 Å². The van der Waals surface area contributed by atoms with Crippen LogP contribution in [0.1, 0.15) is 12.0 Å². The summed E-state index contributed by atoms with van der Waals surface area (Å²) < 4.78 is 0. The maximum Gasteiger partial charge on any atom is 0.488 e. The molecule has 0 amide bonds. The third-order valence-electron chi connectivity index (χ3n) is 3.77. The molecule has 0 saturated carbocycles. The Balaban J connectivity index is 1.82. The minimum Gasteiger partial charge on any atom is -0.423 e. The summed E-state index contributed by atoms with van der Waals surface area (Å²) in [6.07, 6.45) is 8.29. The van der Waals surface area contributed by atoms with E-state index in [9.17, 15) is 10.0 Å². The Labute approximate surface area is 130 Å². The maximum absolute atomic E-state index is 9.23. The monoisotopic (exact) mass is 288 g/mol. The van der Waals surface area contributed by atoms with Crippen molar-refractivity contribution in [2.75, 3.05) is 0 Å². The first-order valence-corrected chi connectivity index (χ1v) is 7.34. The Hall–Kier alpha value is -2.36. The van der Waals surface area contributed by atoms with Gasteiger partial charge < -0.3 is 10.0 Å². The van der Waals surface area contributed by atoms with E-state index in [-0.39, 0.29) is 0 Å². The van der Waals surface area contributed by atoms with Crippen molar-refractivity contribution in [2.45, 2.75) is 6.42 Å². The number of rotatable bonds is 3. The van der Waals surface area contributed by atoms with Crippen LogP contribution in [0.25, 0.3) is 16.7 Å². The van der Waals surface area contributed by atoms with Crippen molar-refractivity contribution in [3.05, 3.63) is 89.9 Å². The summed E-state index contributed by atoms with van der Waals surface area (Å²) in [7, 11) is -1.41. The van der Waals surface area contributed by atoms with Gasteiger partial charge >= 0.3 is 7.12 Å². The first-order valence-electron chi connectivity index (χ1n) is 7.34. The predicted octanol–water partition coefficient (Wildman–Crippen LogP) is 3.64. The van der Waals surface area contributed by atoms with Crippen LogP contribution in [-0.4, -0.2) is 17.2 Å². The molecule has 3 heteroatoms. The van der Waals surface area contributed by atoms with Gasteiger partial charge in [0.25, 0.3) is 0 Å². The number of allylic oxidation sites excluding steroid dienone is 6. The molecule has 2 N–H and O–H groups in total. The molecule has 0 atom stereocenters. The Kier molecular flexibility index (Phi) is 4.38. The van der Waals surface area contributed by atoms with Gasteiger partial charge in [0.1, 0.15) is 0 Å². The number of benzene rings is 2. The fraction of sp³-hybridized carbons (Fsp3) is 0.0526. The zero-order chi connectivity index (χ0) is 15.4. The average molecular weight is 288 g/mol. The highest BCUT2D eigenvalue weighted by Crippen LogP contribution is 2.25. The summed E-state index contributed by atoms with van der Waals surface area (Å²) in [5.41, 5.74) is 5.13. The van der Waals surface area contributed by atoms with Crippen LogP contribution >= 0.6 is 0 Å². The molecular formula is C19H17BO2. The highest BCUT2D eigenvalue weighted by atomic mass is 16.4. The van der Waals surface area contributed by atoms with Crippen molar-refractivity contribution in [3.63, 3.8) is 0 Å². The van der Waals surface area contributed by atoms with Gasteiger partial charge in [-0.1, -0.05) is 78.9 Å². The highest BCUT2D eigenvalue weighted by Gasteiger charge is 2.12. The second-order valence-corrected chi connectivity index (χ2v) is 5.25. The van der Waals surface area contributed by atoms with E-state index in [1.165, 1.54) is 11.1 Å². The quantitative estimate of drug-likeness (QED) is 0.847. The predicted molar refractivity (Wildman–Crippen MR) is 91.9 cm³/mol. The summed E-state index contributed by atoms with van der Waals surface area (Å²) in [5.74, 6) is 0. The molecule has 22 heavy (non-hydrogen) atoms. The molecule has 2 aromatic rings. The maximum atomic E-state index is 9.23. The summed E-state index contributed by atoms with van der Waals surface area (Å²) in [4.78, 5) is 0. The number of hydrogen-bond donors (Lipinski definition) is 2. The zero-order valence-electron chi connectivity index (χ0n) is 12.2. The van der Waals surface area contributed by atoms with E-state index in [1.54, 1.807) is 6.08 Å². The molecule has 1 aliphatic rings. The third-order valence-corrected chi connectivity index (χ3v) is 3.77. The normalized spacial score (nSPS) is 14.1. The Morgan fingerprint density at radius 1 is 0.682 bits per heavy atom. The molecule has 0 spiro atoms. The molecule has 0 aromatic heterocycles. The summed E-state index contributed by atoms with van der Waals surface area (Å²) in [6, 6.07) is 18.7. The van der Waals surface area contributed by atoms with E-state index < -0.39 is 7.12 Å². The Morgan fingerprint density at radius 2 is 1.32 bits per heavy atom. The second-order valence-electron chi connectivity index (χ2n) is 5.25. The van der Waals surface area contributed by atoms with Crippen molar-refractivity contribution in [1.29, 1.82) is 0 Å². The summed E-state index contributed by atoms with van der Waals surface area (Å²) >= 11 is 0. The van der Waals surface area contributed by atoms with Gasteiger partial charge in [0.05, 0.1) is 0 Å². The molecule has 2 nitrogen and oxygen atoms in total. The van der Waals surface area contributed by atoms with E-state index >= 15 is 0 Å². The lowest BCUT2D eigenvalue weighted by molar-refractivity contribution is 0.420. The molecule has 0 bridgehead atoms. The highest BCUT2D eigenvalue weighted by molar-refractivity contribution is 6.51. The minimum absolute atomic E-state index is 0.534. The lowest BCUT2D eigenvalue weighted by atomic mass is 9.79. The molecule has 108 valence electrons. The van der Waals surface area contributed by atoms with Crippen LogP contribution in [-0.2, 0) is 0 Å². The Morgan fingerprint density at radius 3 is 2.00 bits per heavy atom. The fourth-order valence-corrected chi connectivity index (χ4v) is 2.54. The van der Waals surface area contributed by atoms with Gasteiger partial charge in [-0.05, 0) is 34.2 Å². The summed E-state index contributed by atoms with van der Waals surface area (Å²) in [5, 5.41) is 18.5. The smallest absolute Gasteiger partial charge is 0.423 e. The molecule has 0 unspecified atom stereocenters. The van der Waals surface area contributed by atoms with Crippen molar-refractivity contribution in [1.82, 2.24) is 0 Å². The van der Waals surface area contributed by atoms with Crippen molar-refractivity contribution >= 4 is 12.7 Å². The lowest BCUT2D eigenvalue weighted by Crippen LogP contribution is -2.13. The third kappa shape index (κ3) is 3.27. The molecule has 0 aliphatic heterocycles. The van der Waals surface area contributed by atoms with Gasteiger partial charge in [-0.25, -0.2) is 0 Å². The van der Waals surface area contributed by atoms with Crippen molar-refractivity contribution in [3.8, 4) is 11.1 Å². The summed E-state index contributed by atoms with van der Waals surface area (Å²) in [6.45, 7) is 0. The zero-order valence-corrected chi connectivity index (χ0v) is 12.2. The van der Waals surface area contributed by atoms with Crippen LogP contribution in [0.15, 0.2) is 84.4 Å². The van der Waals surface area contributed by atoms with Crippen LogP contribution in [0.3, 0.4) is 0 Å². The lowest BCUT2D eigenvalue weighted by Gasteiger charge is -2.05. The standard InChI is InChI=1S/C19H17BO2/c21-20(22)19-8-4-7-16(13-14-19)18-11-9-17(10-12-18)15-5-2-1-3-6-15/h1-3,5-14,21-22H,4H2. The minimum atomic E-state index is -1.41. The van der Waals surface area contributed by atoms with Crippen LogP contribution in [0.4, 0.5) is 0 Å². The van der Waals surface area contributed by atoms with Gasteiger partial charge in [-0.15, -0.1) is 0 Å². The largest absolute Gasteiger partial charge is 0.488 e. The van der Waals surface area contributed by atoms with Crippen molar-refractivity contribution in [2.24, 2.45) is 0 Å². The molecule has 3 rings (SSSR count). The molecule has 0 fully saturated rings. The number of hydrogen-bond acceptors (Lipinski definition) is 2. The van der Waals surface area contributed by atoms with Gasteiger partial charge in [-0.3, -0.25) is 0 Å². The first-order chi connectivity index (χ1) is 10.7. The molecule has 0 radical (unpaired) electrons. The van der Waals surface area contributed by atoms with Crippen LogP contribution in [0, 0.1) is 0 Å². The van der Waals surface area contributed by atoms with Gasteiger partial charge in [0.15, 0.2) is 0 Å². The van der Waals surface area contributed by atoms with E-state index in [1.807, 2.05) is 30.4 Å². The molecular weight excluding hydrogens is 271 g/mol. The van der Waals surface area contributed by atoms with E-state index in [4.69, 9.17) is 0 Å². The van der Waals surface area contributed by atoms with E-state index in [2.05, 4.69) is 42.5 Å². The van der Waals surface area contributed by atoms with Gasteiger partial charge in [0.2, 0.25) is 0 Å². The molecule has 1 aliphatic carbocycles. The molecule has 0 heterocycles. The SMILES string of the molecule is OB(O)C1=CCC=C(c2ccc(-c3ccccc3)cc2)C=C1. The second kappa shape index (κ2) is 6.61. The van der Waals surface area contributed by atoms with E-state index in [0.29, 0.717) is 11.9 Å². The van der Waals surface area contributed by atoms with Crippen LogP contribution in [0.5, 0.6) is 0 Å². The topological polar surface area (TPSA) is 40.5 Å². The van der Waals surface area contributed by atoms with E-state index in [0.717, 1.165) is 11.1 Å². The van der Waals surface area contributed by atoms with Crippen molar-refractivity contribution < 1.29 is 10.0 Å².